The lowest BCUT2D eigenvalue weighted by Gasteiger charge is -2.05. The minimum absolute atomic E-state index is 0.0462. The largest absolute Gasteiger partial charge is 0.491 e. The summed E-state index contributed by atoms with van der Waals surface area (Å²) in [6.07, 6.45) is 0. The number of hydrogen-bond donors (Lipinski definition) is 0. The summed E-state index contributed by atoms with van der Waals surface area (Å²) in [6, 6.07) is 12.4. The van der Waals surface area contributed by atoms with Crippen molar-refractivity contribution in [2.75, 3.05) is 6.61 Å². The van der Waals surface area contributed by atoms with Crippen LogP contribution in [0.1, 0.15) is 18.1 Å². The van der Waals surface area contributed by atoms with E-state index >= 15 is 0 Å². The molecule has 0 atom stereocenters. The van der Waals surface area contributed by atoms with Crippen LogP contribution in [0.25, 0.3) is 10.8 Å². The second-order valence-electron chi connectivity index (χ2n) is 5.13. The Bertz CT molecular complexity index is 968. The third-order valence-corrected chi connectivity index (χ3v) is 3.49. The lowest BCUT2D eigenvalue weighted by atomic mass is 10.1. The predicted octanol–water partition coefficient (Wildman–Crippen LogP) is 5.06. The van der Waals surface area contributed by atoms with Crippen molar-refractivity contribution in [2.45, 2.75) is 6.92 Å². The molecule has 0 spiro atoms. The van der Waals surface area contributed by atoms with Crippen LogP contribution in [0.3, 0.4) is 0 Å². The number of benzene rings is 3. The van der Waals surface area contributed by atoms with Crippen molar-refractivity contribution < 1.29 is 17.9 Å². The summed E-state index contributed by atoms with van der Waals surface area (Å²) in [4.78, 5) is 0. The topological polar surface area (TPSA) is 9.23 Å². The van der Waals surface area contributed by atoms with Crippen LogP contribution < -0.4 is 4.74 Å². The fourth-order valence-corrected chi connectivity index (χ4v) is 2.33. The zero-order valence-corrected chi connectivity index (χ0v) is 12.9. The molecule has 0 fully saturated rings. The maximum atomic E-state index is 14.0. The van der Waals surface area contributed by atoms with Gasteiger partial charge in [-0.25, -0.2) is 8.78 Å². The molecule has 0 radical (unpaired) electrons. The van der Waals surface area contributed by atoms with Gasteiger partial charge in [-0.1, -0.05) is 24.0 Å². The Balaban J connectivity index is 1.95. The zero-order chi connectivity index (χ0) is 17.1. The lowest BCUT2D eigenvalue weighted by Crippen LogP contribution is -1.98. The molecule has 24 heavy (non-hydrogen) atoms. The Kier molecular flexibility index (Phi) is 4.43. The summed E-state index contributed by atoms with van der Waals surface area (Å²) in [5.74, 6) is 2.90. The normalized spacial score (nSPS) is 10.3. The highest BCUT2D eigenvalue weighted by molar-refractivity contribution is 5.83. The van der Waals surface area contributed by atoms with Crippen molar-refractivity contribution in [3.05, 3.63) is 77.1 Å². The smallest absolute Gasteiger partial charge is 0.201 e. The summed E-state index contributed by atoms with van der Waals surface area (Å²) in [6.45, 7) is 1.94. The van der Waals surface area contributed by atoms with E-state index in [-0.39, 0.29) is 23.7 Å². The van der Waals surface area contributed by atoms with Crippen LogP contribution in [0.2, 0.25) is 0 Å². The van der Waals surface area contributed by atoms with Gasteiger partial charge in [0.15, 0.2) is 11.6 Å². The maximum Gasteiger partial charge on any atom is 0.201 e. The van der Waals surface area contributed by atoms with Crippen LogP contribution in [0, 0.1) is 29.3 Å². The van der Waals surface area contributed by atoms with Crippen molar-refractivity contribution in [1.29, 1.82) is 0 Å². The van der Waals surface area contributed by atoms with Crippen molar-refractivity contribution in [2.24, 2.45) is 0 Å². The molecule has 0 amide bonds. The molecule has 0 N–H and O–H groups in total. The van der Waals surface area contributed by atoms with Crippen molar-refractivity contribution in [3.63, 3.8) is 0 Å². The van der Waals surface area contributed by atoms with E-state index in [1.54, 1.807) is 31.2 Å². The second kappa shape index (κ2) is 6.67. The van der Waals surface area contributed by atoms with E-state index in [4.69, 9.17) is 4.74 Å². The summed E-state index contributed by atoms with van der Waals surface area (Å²) in [5, 5.41) is 1.57. The fourth-order valence-electron chi connectivity index (χ4n) is 2.33. The zero-order valence-electron chi connectivity index (χ0n) is 12.9. The molecule has 4 heteroatoms. The van der Waals surface area contributed by atoms with Crippen molar-refractivity contribution >= 4 is 10.8 Å². The SMILES string of the molecule is CCOc1ccc(C#Cc2ccc3cc(F)ccc3c2)c(F)c1F. The van der Waals surface area contributed by atoms with Crippen LogP contribution in [0.4, 0.5) is 13.2 Å². The molecule has 0 aliphatic rings. The average Bonchev–Trinajstić information content (AvgIpc) is 2.58. The highest BCUT2D eigenvalue weighted by Gasteiger charge is 2.12. The third-order valence-electron chi connectivity index (χ3n) is 3.49. The number of fused-ring (bicyclic) bond motifs is 1. The van der Waals surface area contributed by atoms with E-state index in [2.05, 4.69) is 11.8 Å². The summed E-state index contributed by atoms with van der Waals surface area (Å²) < 4.78 is 46.0. The van der Waals surface area contributed by atoms with Gasteiger partial charge in [0, 0.05) is 5.56 Å². The van der Waals surface area contributed by atoms with Crippen LogP contribution in [-0.4, -0.2) is 6.61 Å². The molecule has 0 saturated carbocycles. The van der Waals surface area contributed by atoms with Gasteiger partial charge in [-0.05, 0) is 54.1 Å². The highest BCUT2D eigenvalue weighted by Crippen LogP contribution is 2.22. The predicted molar refractivity (Wildman–Crippen MR) is 87.4 cm³/mol. The first-order chi connectivity index (χ1) is 11.6. The van der Waals surface area contributed by atoms with Gasteiger partial charge in [-0.3, -0.25) is 0 Å². The van der Waals surface area contributed by atoms with E-state index in [0.717, 1.165) is 10.8 Å². The maximum absolute atomic E-state index is 14.0. The number of halogens is 3. The Morgan fingerprint density at radius 3 is 2.38 bits per heavy atom. The van der Waals surface area contributed by atoms with Gasteiger partial charge in [0.25, 0.3) is 0 Å². The quantitative estimate of drug-likeness (QED) is 0.598. The summed E-state index contributed by atoms with van der Waals surface area (Å²) in [7, 11) is 0. The Labute approximate surface area is 137 Å². The van der Waals surface area contributed by atoms with Gasteiger partial charge in [0.1, 0.15) is 5.82 Å². The highest BCUT2D eigenvalue weighted by atomic mass is 19.2. The van der Waals surface area contributed by atoms with Gasteiger partial charge in [0.2, 0.25) is 5.82 Å². The number of ether oxygens (including phenoxy) is 1. The van der Waals surface area contributed by atoms with E-state index in [1.165, 1.54) is 24.3 Å². The Hall–Kier alpha value is -2.93. The van der Waals surface area contributed by atoms with E-state index in [9.17, 15) is 13.2 Å². The monoisotopic (exact) mass is 326 g/mol. The molecule has 0 bridgehead atoms. The number of hydrogen-bond acceptors (Lipinski definition) is 1. The van der Waals surface area contributed by atoms with Gasteiger partial charge in [-0.2, -0.15) is 4.39 Å². The molecule has 0 aromatic heterocycles. The fraction of sp³-hybridized carbons (Fsp3) is 0.100. The standard InChI is InChI=1S/C20H13F3O/c1-2-24-18-10-8-14(19(22)20(18)23)5-3-13-4-6-16-12-17(21)9-7-15(16)11-13/h4,6-12H,2H2,1H3. The van der Waals surface area contributed by atoms with Gasteiger partial charge >= 0.3 is 0 Å². The van der Waals surface area contributed by atoms with Gasteiger partial charge in [0.05, 0.1) is 12.2 Å². The molecule has 0 heterocycles. The first-order valence-electron chi connectivity index (χ1n) is 7.40. The minimum Gasteiger partial charge on any atom is -0.491 e. The Morgan fingerprint density at radius 1 is 0.833 bits per heavy atom. The van der Waals surface area contributed by atoms with Crippen LogP contribution in [-0.2, 0) is 0 Å². The van der Waals surface area contributed by atoms with E-state index in [0.29, 0.717) is 5.56 Å². The molecule has 0 unspecified atom stereocenters. The van der Waals surface area contributed by atoms with E-state index < -0.39 is 11.6 Å². The molecule has 0 saturated heterocycles. The molecule has 3 aromatic rings. The van der Waals surface area contributed by atoms with Crippen LogP contribution in [0.5, 0.6) is 5.75 Å². The Morgan fingerprint density at radius 2 is 1.58 bits per heavy atom. The first kappa shape index (κ1) is 15.9. The number of rotatable bonds is 2. The van der Waals surface area contributed by atoms with Gasteiger partial charge in [-0.15, -0.1) is 0 Å². The van der Waals surface area contributed by atoms with Crippen molar-refractivity contribution in [1.82, 2.24) is 0 Å². The molecular formula is C20H13F3O. The molecule has 3 aromatic carbocycles. The van der Waals surface area contributed by atoms with Gasteiger partial charge < -0.3 is 4.74 Å². The van der Waals surface area contributed by atoms with E-state index in [1.807, 2.05) is 0 Å². The van der Waals surface area contributed by atoms with Crippen molar-refractivity contribution in [3.8, 4) is 17.6 Å². The second-order valence-corrected chi connectivity index (χ2v) is 5.13. The molecule has 0 aliphatic heterocycles. The average molecular weight is 326 g/mol. The van der Waals surface area contributed by atoms with Crippen LogP contribution in [0.15, 0.2) is 48.5 Å². The summed E-state index contributed by atoms with van der Waals surface area (Å²) >= 11 is 0. The molecule has 120 valence electrons. The molecule has 3 rings (SSSR count). The molecular weight excluding hydrogens is 313 g/mol. The molecule has 1 nitrogen and oxygen atoms in total. The van der Waals surface area contributed by atoms with Crippen LogP contribution >= 0.6 is 0 Å². The summed E-state index contributed by atoms with van der Waals surface area (Å²) in [5.41, 5.74) is 0.581. The lowest BCUT2D eigenvalue weighted by molar-refractivity contribution is 0.314. The third kappa shape index (κ3) is 3.21. The molecule has 0 aliphatic carbocycles. The first-order valence-corrected chi connectivity index (χ1v) is 7.40. The minimum atomic E-state index is -1.04.